The summed E-state index contributed by atoms with van der Waals surface area (Å²) in [6.07, 6.45) is 1.99. The summed E-state index contributed by atoms with van der Waals surface area (Å²) in [6.45, 7) is 4.12. The smallest absolute Gasteiger partial charge is 0.274 e. The molecule has 0 aliphatic carbocycles. The molecule has 0 aliphatic rings. The Kier molecular flexibility index (Phi) is 2.91. The number of rotatable bonds is 1. The van der Waals surface area contributed by atoms with Gasteiger partial charge in [0, 0.05) is 22.2 Å². The number of aromatic nitrogens is 3. The maximum Gasteiger partial charge on any atom is 0.274 e. The topological polar surface area (TPSA) is 50.2 Å². The van der Waals surface area contributed by atoms with Crippen molar-refractivity contribution in [1.29, 1.82) is 0 Å². The van der Waals surface area contributed by atoms with Gasteiger partial charge in [0.1, 0.15) is 0 Å². The fourth-order valence-corrected chi connectivity index (χ4v) is 4.36. The molecule has 3 heterocycles. The zero-order valence-electron chi connectivity index (χ0n) is 13.8. The van der Waals surface area contributed by atoms with Crippen LogP contribution in [0.4, 0.5) is 0 Å². The molecule has 0 atom stereocenters. The van der Waals surface area contributed by atoms with E-state index in [1.807, 2.05) is 37.3 Å². The Morgan fingerprint density at radius 1 is 1.16 bits per heavy atom. The first-order valence-electron chi connectivity index (χ1n) is 8.12. The highest BCUT2D eigenvalue weighted by atomic mass is 32.1. The second-order valence-corrected chi connectivity index (χ2v) is 7.36. The lowest BCUT2D eigenvalue weighted by Crippen LogP contribution is -2.22. The van der Waals surface area contributed by atoms with Crippen molar-refractivity contribution in [3.8, 4) is 0 Å². The fraction of sp³-hybridized carbons (Fsp3) is 0.100. The first-order valence-corrected chi connectivity index (χ1v) is 8.94. The van der Waals surface area contributed by atoms with Gasteiger partial charge in [0.05, 0.1) is 15.6 Å². The minimum atomic E-state index is -0.00453. The number of imidazole rings is 1. The molecule has 0 aliphatic heterocycles. The zero-order valence-corrected chi connectivity index (χ0v) is 14.6. The lowest BCUT2D eigenvalue weighted by Gasteiger charge is -1.95. The van der Waals surface area contributed by atoms with Crippen LogP contribution in [0.2, 0.25) is 0 Å². The van der Waals surface area contributed by atoms with Gasteiger partial charge in [-0.3, -0.25) is 4.79 Å². The van der Waals surface area contributed by atoms with Gasteiger partial charge in [-0.15, -0.1) is 0 Å². The molecule has 0 saturated carbocycles. The van der Waals surface area contributed by atoms with E-state index in [2.05, 4.69) is 35.1 Å². The van der Waals surface area contributed by atoms with Crippen molar-refractivity contribution in [3.05, 3.63) is 74.2 Å². The summed E-state index contributed by atoms with van der Waals surface area (Å²) < 4.78 is 2.42. The van der Waals surface area contributed by atoms with E-state index >= 15 is 0 Å². The number of hydrogen-bond acceptors (Lipinski definition) is 3. The first kappa shape index (κ1) is 14.4. The number of thiazole rings is 1. The van der Waals surface area contributed by atoms with E-state index < -0.39 is 0 Å². The third-order valence-corrected chi connectivity index (χ3v) is 5.58. The van der Waals surface area contributed by atoms with Crippen LogP contribution in [0.5, 0.6) is 0 Å². The van der Waals surface area contributed by atoms with Crippen molar-refractivity contribution in [2.75, 3.05) is 0 Å². The van der Waals surface area contributed by atoms with Gasteiger partial charge < -0.3 is 4.98 Å². The largest absolute Gasteiger partial charge is 0.358 e. The minimum Gasteiger partial charge on any atom is -0.358 e. The average Bonchev–Trinajstić information content (AvgIpc) is 3.20. The molecular formula is C20H15N3OS. The molecule has 5 rings (SSSR count). The monoisotopic (exact) mass is 345 g/mol. The Labute approximate surface area is 147 Å². The molecule has 0 spiro atoms. The average molecular weight is 345 g/mol. The summed E-state index contributed by atoms with van der Waals surface area (Å²) in [5, 5.41) is 1.15. The van der Waals surface area contributed by atoms with Crippen LogP contribution in [0.1, 0.15) is 16.8 Å². The summed E-state index contributed by atoms with van der Waals surface area (Å²) in [4.78, 5) is 21.7. The maximum atomic E-state index is 12.9. The van der Waals surface area contributed by atoms with Crippen LogP contribution >= 0.6 is 11.3 Å². The predicted molar refractivity (Wildman–Crippen MR) is 103 cm³/mol. The highest BCUT2D eigenvalue weighted by Gasteiger charge is 2.12. The van der Waals surface area contributed by atoms with E-state index in [9.17, 15) is 4.79 Å². The Morgan fingerprint density at radius 2 is 2.00 bits per heavy atom. The van der Waals surface area contributed by atoms with Crippen molar-refractivity contribution in [1.82, 2.24) is 14.4 Å². The quantitative estimate of drug-likeness (QED) is 0.505. The fourth-order valence-electron chi connectivity index (χ4n) is 3.39. The third kappa shape index (κ3) is 2.06. The van der Waals surface area contributed by atoms with E-state index in [0.29, 0.717) is 4.53 Å². The van der Waals surface area contributed by atoms with Crippen molar-refractivity contribution in [2.45, 2.75) is 13.8 Å². The Bertz CT molecular complexity index is 1390. The number of aromatic amines is 1. The van der Waals surface area contributed by atoms with Crippen LogP contribution in [0.25, 0.3) is 33.0 Å². The van der Waals surface area contributed by atoms with Crippen molar-refractivity contribution in [2.24, 2.45) is 0 Å². The van der Waals surface area contributed by atoms with Crippen LogP contribution in [-0.2, 0) is 0 Å². The number of benzene rings is 2. The second-order valence-electron chi connectivity index (χ2n) is 6.35. The number of H-pyrrole nitrogens is 1. The SMILES string of the molecule is Cc1ccc2[nH]c(C)c(/C=c3\sc4nc5ccccc5n4c3=O)c2c1. The molecule has 5 aromatic rings. The number of nitrogens with zero attached hydrogens (tertiary/aromatic N) is 2. The molecular weight excluding hydrogens is 330 g/mol. The molecule has 5 heteroatoms. The lowest BCUT2D eigenvalue weighted by atomic mass is 10.1. The van der Waals surface area contributed by atoms with Crippen LogP contribution in [0.15, 0.2) is 47.3 Å². The molecule has 4 nitrogen and oxygen atoms in total. The van der Waals surface area contributed by atoms with Gasteiger partial charge in [-0.25, -0.2) is 9.38 Å². The van der Waals surface area contributed by atoms with Gasteiger partial charge in [-0.2, -0.15) is 0 Å². The molecule has 25 heavy (non-hydrogen) atoms. The summed E-state index contributed by atoms with van der Waals surface area (Å²) in [5.74, 6) is 0. The lowest BCUT2D eigenvalue weighted by molar-refractivity contribution is 1.19. The third-order valence-electron chi connectivity index (χ3n) is 4.61. The predicted octanol–water partition coefficient (Wildman–Crippen LogP) is 3.56. The van der Waals surface area contributed by atoms with Crippen molar-refractivity contribution in [3.63, 3.8) is 0 Å². The Balaban J connectivity index is 1.84. The number of aryl methyl sites for hydroxylation is 2. The molecule has 1 N–H and O–H groups in total. The van der Waals surface area contributed by atoms with Gasteiger partial charge in [-0.1, -0.05) is 35.1 Å². The molecule has 0 amide bonds. The molecule has 0 fully saturated rings. The van der Waals surface area contributed by atoms with E-state index in [4.69, 9.17) is 0 Å². The molecule has 0 unspecified atom stereocenters. The van der Waals surface area contributed by atoms with Gasteiger partial charge in [0.25, 0.3) is 5.56 Å². The van der Waals surface area contributed by atoms with Gasteiger partial charge in [-0.05, 0) is 44.2 Å². The number of hydrogen-bond donors (Lipinski definition) is 1. The first-order chi connectivity index (χ1) is 12.1. The molecule has 0 radical (unpaired) electrons. The summed E-state index contributed by atoms with van der Waals surface area (Å²) in [5.41, 5.74) is 6.15. The minimum absolute atomic E-state index is 0.00453. The van der Waals surface area contributed by atoms with E-state index in [0.717, 1.165) is 38.2 Å². The van der Waals surface area contributed by atoms with Crippen molar-refractivity contribution >= 4 is 44.3 Å². The van der Waals surface area contributed by atoms with Crippen molar-refractivity contribution < 1.29 is 0 Å². The molecule has 3 aromatic heterocycles. The summed E-state index contributed by atoms with van der Waals surface area (Å²) >= 11 is 1.44. The van der Waals surface area contributed by atoms with E-state index in [1.54, 1.807) is 4.40 Å². The van der Waals surface area contributed by atoms with E-state index in [-0.39, 0.29) is 5.56 Å². The zero-order chi connectivity index (χ0) is 17.1. The van der Waals surface area contributed by atoms with Crippen LogP contribution < -0.4 is 10.1 Å². The Hall–Kier alpha value is -2.92. The van der Waals surface area contributed by atoms with E-state index in [1.165, 1.54) is 16.9 Å². The highest BCUT2D eigenvalue weighted by Crippen LogP contribution is 2.24. The van der Waals surface area contributed by atoms with Crippen LogP contribution in [-0.4, -0.2) is 14.4 Å². The molecule has 0 bridgehead atoms. The van der Waals surface area contributed by atoms with Gasteiger partial charge in [0.2, 0.25) is 0 Å². The van der Waals surface area contributed by atoms with Crippen LogP contribution in [0.3, 0.4) is 0 Å². The van der Waals surface area contributed by atoms with Gasteiger partial charge in [0.15, 0.2) is 4.96 Å². The molecule has 0 saturated heterocycles. The maximum absolute atomic E-state index is 12.9. The number of nitrogens with one attached hydrogen (secondary N) is 1. The second kappa shape index (κ2) is 5.04. The van der Waals surface area contributed by atoms with Crippen LogP contribution in [0, 0.1) is 13.8 Å². The summed E-state index contributed by atoms with van der Waals surface area (Å²) in [6, 6.07) is 14.1. The number of para-hydroxylation sites is 2. The molecule has 2 aromatic carbocycles. The molecule has 122 valence electrons. The normalized spacial score (nSPS) is 12.8. The standard InChI is InChI=1S/C20H15N3OS/c1-11-7-8-15-14(9-11)13(12(2)21-15)10-18-19(24)23-17-6-4-3-5-16(17)22-20(23)25-18/h3-10,21H,1-2H3/b18-10-. The number of fused-ring (bicyclic) bond motifs is 4. The summed E-state index contributed by atoms with van der Waals surface area (Å²) in [7, 11) is 0. The highest BCUT2D eigenvalue weighted by molar-refractivity contribution is 7.15. The Morgan fingerprint density at radius 3 is 2.88 bits per heavy atom. The van der Waals surface area contributed by atoms with Gasteiger partial charge >= 0.3 is 0 Å².